The van der Waals surface area contributed by atoms with Crippen molar-refractivity contribution in [2.45, 2.75) is 32.6 Å². The van der Waals surface area contributed by atoms with Gasteiger partial charge in [-0.1, -0.05) is 31.1 Å². The number of nitrogens with zero attached hydrogens (tertiary/aromatic N) is 1. The summed E-state index contributed by atoms with van der Waals surface area (Å²) in [6, 6.07) is 0. The molecule has 0 fully saturated rings. The number of rotatable bonds is 3. The Hall–Kier alpha value is -1.05. The van der Waals surface area contributed by atoms with E-state index in [2.05, 4.69) is 13.0 Å². The van der Waals surface area contributed by atoms with Crippen LogP contribution in [-0.4, -0.2) is 24.9 Å². The van der Waals surface area contributed by atoms with Crippen LogP contribution in [0, 0.1) is 0 Å². The molecule has 0 aromatic rings. The molecule has 14 heavy (non-hydrogen) atoms. The predicted molar refractivity (Wildman–Crippen MR) is 59.0 cm³/mol. The van der Waals surface area contributed by atoms with Crippen LogP contribution in [-0.2, 0) is 4.79 Å². The van der Waals surface area contributed by atoms with Crippen molar-refractivity contribution in [2.24, 2.45) is 0 Å². The molecular weight excluding hydrogens is 174 g/mol. The smallest absolute Gasteiger partial charge is 0.249 e. The maximum Gasteiger partial charge on any atom is 0.249 e. The number of likely N-dealkylation sites (N-methyl/N-ethyl adjacent to an activating group) is 1. The van der Waals surface area contributed by atoms with Crippen molar-refractivity contribution in [3.05, 3.63) is 23.3 Å². The predicted octanol–water partition coefficient (Wildman–Crippen LogP) is 2.52. The summed E-state index contributed by atoms with van der Waals surface area (Å²) in [4.78, 5) is 13.2. The van der Waals surface area contributed by atoms with E-state index >= 15 is 0 Å². The van der Waals surface area contributed by atoms with Gasteiger partial charge in [-0.15, -0.1) is 0 Å². The largest absolute Gasteiger partial charge is 0.345 e. The molecule has 0 atom stereocenters. The molecule has 0 spiro atoms. The molecule has 0 radical (unpaired) electrons. The number of hydrogen-bond acceptors (Lipinski definition) is 1. The molecule has 1 amide bonds. The highest BCUT2D eigenvalue weighted by molar-refractivity contribution is 5.93. The fourth-order valence-corrected chi connectivity index (χ4v) is 1.68. The molecule has 0 aliphatic heterocycles. The van der Waals surface area contributed by atoms with Gasteiger partial charge in [0.15, 0.2) is 0 Å². The van der Waals surface area contributed by atoms with E-state index in [1.165, 1.54) is 18.4 Å². The van der Waals surface area contributed by atoms with E-state index < -0.39 is 0 Å². The lowest BCUT2D eigenvalue weighted by atomic mass is 9.95. The molecule has 1 aliphatic carbocycles. The van der Waals surface area contributed by atoms with Gasteiger partial charge in [0.25, 0.3) is 0 Å². The second-order valence-corrected chi connectivity index (χ2v) is 3.97. The second-order valence-electron chi connectivity index (χ2n) is 3.97. The molecule has 0 bridgehead atoms. The minimum Gasteiger partial charge on any atom is -0.345 e. The monoisotopic (exact) mass is 193 g/mol. The van der Waals surface area contributed by atoms with Gasteiger partial charge in [0.2, 0.25) is 5.91 Å². The highest BCUT2D eigenvalue weighted by Crippen LogP contribution is 2.22. The average molecular weight is 193 g/mol. The van der Waals surface area contributed by atoms with Crippen molar-refractivity contribution >= 4 is 5.91 Å². The van der Waals surface area contributed by atoms with E-state index in [1.807, 2.05) is 6.08 Å². The van der Waals surface area contributed by atoms with Crippen molar-refractivity contribution in [3.8, 4) is 0 Å². The number of carbonyl (C=O) groups is 1. The summed E-state index contributed by atoms with van der Waals surface area (Å²) >= 11 is 0. The molecule has 0 saturated carbocycles. The van der Waals surface area contributed by atoms with E-state index in [4.69, 9.17) is 0 Å². The van der Waals surface area contributed by atoms with Crippen LogP contribution < -0.4 is 0 Å². The van der Waals surface area contributed by atoms with Gasteiger partial charge < -0.3 is 4.90 Å². The molecule has 1 aliphatic rings. The maximum atomic E-state index is 11.6. The normalized spacial score (nSPS) is 15.9. The topological polar surface area (TPSA) is 20.3 Å². The van der Waals surface area contributed by atoms with Crippen LogP contribution in [0.15, 0.2) is 23.3 Å². The average Bonchev–Trinajstić information content (AvgIpc) is 2.18. The summed E-state index contributed by atoms with van der Waals surface area (Å²) in [7, 11) is 3.60. The number of carbonyl (C=O) groups excluding carboxylic acids is 1. The van der Waals surface area contributed by atoms with Gasteiger partial charge in [0.1, 0.15) is 0 Å². The molecule has 0 unspecified atom stereocenters. The van der Waals surface area contributed by atoms with Crippen molar-refractivity contribution in [2.75, 3.05) is 14.1 Å². The van der Waals surface area contributed by atoms with Crippen LogP contribution in [0.5, 0.6) is 0 Å². The van der Waals surface area contributed by atoms with Crippen LogP contribution in [0.1, 0.15) is 32.6 Å². The second kappa shape index (κ2) is 4.99. The SMILES string of the molecule is CCCC1=CC=C(C(=O)N(C)C)CC1. The van der Waals surface area contributed by atoms with Crippen LogP contribution in [0.3, 0.4) is 0 Å². The first-order chi connectivity index (χ1) is 6.65. The van der Waals surface area contributed by atoms with Gasteiger partial charge in [0.05, 0.1) is 0 Å². The third-order valence-electron chi connectivity index (χ3n) is 2.49. The van der Waals surface area contributed by atoms with Gasteiger partial charge in [-0.2, -0.15) is 0 Å². The van der Waals surface area contributed by atoms with Crippen LogP contribution in [0.4, 0.5) is 0 Å². The fraction of sp³-hybridized carbons (Fsp3) is 0.583. The van der Waals surface area contributed by atoms with Crippen LogP contribution in [0.2, 0.25) is 0 Å². The maximum absolute atomic E-state index is 11.6. The molecular formula is C12H19NO. The molecule has 78 valence electrons. The summed E-state index contributed by atoms with van der Waals surface area (Å²) in [5, 5.41) is 0. The Bertz CT molecular complexity index is 274. The summed E-state index contributed by atoms with van der Waals surface area (Å²) in [5.74, 6) is 0.150. The summed E-state index contributed by atoms with van der Waals surface area (Å²) < 4.78 is 0. The molecule has 1 rings (SSSR count). The van der Waals surface area contributed by atoms with E-state index in [1.54, 1.807) is 19.0 Å². The summed E-state index contributed by atoms with van der Waals surface area (Å²) in [6.07, 6.45) is 8.42. The van der Waals surface area contributed by atoms with E-state index in [9.17, 15) is 4.79 Å². The lowest BCUT2D eigenvalue weighted by Gasteiger charge is -2.17. The van der Waals surface area contributed by atoms with E-state index in [0.29, 0.717) is 0 Å². The fourth-order valence-electron chi connectivity index (χ4n) is 1.68. The molecule has 0 N–H and O–H groups in total. The zero-order valence-electron chi connectivity index (χ0n) is 9.34. The standard InChI is InChI=1S/C12H19NO/c1-4-5-10-6-8-11(9-7-10)12(14)13(2)3/h6,8H,4-5,7,9H2,1-3H3. The molecule has 2 nitrogen and oxygen atoms in total. The Kier molecular flexibility index (Phi) is 3.93. The molecule has 0 aromatic carbocycles. The molecule has 0 saturated heterocycles. The number of hydrogen-bond donors (Lipinski definition) is 0. The van der Waals surface area contributed by atoms with Gasteiger partial charge in [-0.3, -0.25) is 4.79 Å². The van der Waals surface area contributed by atoms with Crippen molar-refractivity contribution < 1.29 is 4.79 Å². The minimum atomic E-state index is 0.150. The Morgan fingerprint density at radius 1 is 1.36 bits per heavy atom. The first-order valence-corrected chi connectivity index (χ1v) is 5.25. The Morgan fingerprint density at radius 2 is 2.07 bits per heavy atom. The van der Waals surface area contributed by atoms with Gasteiger partial charge in [-0.05, 0) is 19.3 Å². The minimum absolute atomic E-state index is 0.150. The van der Waals surface area contributed by atoms with Crippen molar-refractivity contribution in [1.29, 1.82) is 0 Å². The highest BCUT2D eigenvalue weighted by Gasteiger charge is 2.14. The van der Waals surface area contributed by atoms with Gasteiger partial charge >= 0.3 is 0 Å². The zero-order chi connectivity index (χ0) is 10.6. The van der Waals surface area contributed by atoms with E-state index in [0.717, 1.165) is 18.4 Å². The van der Waals surface area contributed by atoms with Gasteiger partial charge in [-0.25, -0.2) is 0 Å². The lowest BCUT2D eigenvalue weighted by Crippen LogP contribution is -2.24. The zero-order valence-corrected chi connectivity index (χ0v) is 9.34. The van der Waals surface area contributed by atoms with Crippen molar-refractivity contribution in [1.82, 2.24) is 4.90 Å². The quantitative estimate of drug-likeness (QED) is 0.674. The number of amides is 1. The molecule has 2 heteroatoms. The highest BCUT2D eigenvalue weighted by atomic mass is 16.2. The summed E-state index contributed by atoms with van der Waals surface area (Å²) in [6.45, 7) is 2.19. The Morgan fingerprint density at radius 3 is 2.50 bits per heavy atom. The van der Waals surface area contributed by atoms with Crippen LogP contribution in [0.25, 0.3) is 0 Å². The van der Waals surface area contributed by atoms with E-state index in [-0.39, 0.29) is 5.91 Å². The van der Waals surface area contributed by atoms with Crippen LogP contribution >= 0.6 is 0 Å². The third kappa shape index (κ3) is 2.72. The number of allylic oxidation sites excluding steroid dienone is 3. The first kappa shape index (κ1) is 11.0. The first-order valence-electron chi connectivity index (χ1n) is 5.25. The summed E-state index contributed by atoms with van der Waals surface area (Å²) in [5.41, 5.74) is 2.41. The lowest BCUT2D eigenvalue weighted by molar-refractivity contribution is -0.124. The third-order valence-corrected chi connectivity index (χ3v) is 2.49. The molecule has 0 heterocycles. The Labute approximate surface area is 86.3 Å². The Balaban J connectivity index is 2.64. The molecule has 0 aromatic heterocycles. The van der Waals surface area contributed by atoms with Gasteiger partial charge in [0, 0.05) is 19.7 Å². The van der Waals surface area contributed by atoms with Crippen molar-refractivity contribution in [3.63, 3.8) is 0 Å².